The summed E-state index contributed by atoms with van der Waals surface area (Å²) in [4.78, 5) is 0. The van der Waals surface area contributed by atoms with E-state index in [2.05, 4.69) is 0 Å². The fourth-order valence-corrected chi connectivity index (χ4v) is 0.894. The highest BCUT2D eigenvalue weighted by Crippen LogP contribution is 1.75. The van der Waals surface area contributed by atoms with Crippen LogP contribution in [-0.2, 0) is 4.43 Å². The predicted molar refractivity (Wildman–Crippen MR) is 35.2 cm³/mol. The second-order valence-corrected chi connectivity index (χ2v) is 2.48. The number of halogens is 1. The zero-order chi connectivity index (χ0) is 5.54. The van der Waals surface area contributed by atoms with Crippen molar-refractivity contribution in [2.45, 2.75) is 6.92 Å². The molecule has 0 aliphatic rings. The minimum absolute atomic E-state index is 0.344. The Morgan fingerprint density at radius 2 is 2.57 bits per heavy atom. The van der Waals surface area contributed by atoms with E-state index in [1.54, 1.807) is 0 Å². The number of hydrogen-bond donors (Lipinski definition) is 0. The Kier molecular flexibility index (Phi) is 6.39. The monoisotopic (exact) mass is 136 g/mol. The van der Waals surface area contributed by atoms with E-state index in [-0.39, 0.29) is 0 Å². The summed E-state index contributed by atoms with van der Waals surface area (Å²) >= 11 is 5.22. The van der Waals surface area contributed by atoms with Gasteiger partial charge in [0.2, 0.25) is 0 Å². The van der Waals surface area contributed by atoms with Gasteiger partial charge < -0.3 is 4.43 Å². The fourth-order valence-electron chi connectivity index (χ4n) is 0.209. The molecule has 0 radical (unpaired) electrons. The van der Waals surface area contributed by atoms with Gasteiger partial charge in [0.25, 0.3) is 0 Å². The quantitative estimate of drug-likeness (QED) is 0.317. The number of hydrogen-bond acceptors (Lipinski definition) is 1. The predicted octanol–water partition coefficient (Wildman–Crippen LogP) is 0.817. The van der Waals surface area contributed by atoms with Crippen LogP contribution >= 0.6 is 11.6 Å². The molecule has 0 saturated carbocycles. The Bertz CT molecular complexity index is 55.7. The molecule has 1 nitrogen and oxygen atoms in total. The summed E-state index contributed by atoms with van der Waals surface area (Å²) < 4.78 is 4.89. The molecule has 0 heterocycles. The second-order valence-electron chi connectivity index (χ2n) is 1.05. The van der Waals surface area contributed by atoms with Crippen molar-refractivity contribution in [3.8, 4) is 0 Å². The SMILES string of the molecule is CC=C[SiH2]OCCl. The third kappa shape index (κ3) is 6.21. The molecule has 42 valence electrons. The van der Waals surface area contributed by atoms with E-state index < -0.39 is 9.76 Å². The normalized spacial score (nSPS) is 12.3. The first-order valence-electron chi connectivity index (χ1n) is 2.16. The zero-order valence-corrected chi connectivity index (χ0v) is 6.53. The maximum Gasteiger partial charge on any atom is 0.186 e. The van der Waals surface area contributed by atoms with Gasteiger partial charge in [-0.05, 0) is 6.92 Å². The maximum absolute atomic E-state index is 5.22. The van der Waals surface area contributed by atoms with Crippen molar-refractivity contribution in [1.82, 2.24) is 0 Å². The van der Waals surface area contributed by atoms with Gasteiger partial charge >= 0.3 is 0 Å². The molecule has 0 aromatic heterocycles. The Balaban J connectivity index is 2.69. The molecule has 0 bridgehead atoms. The maximum atomic E-state index is 5.22. The third-order valence-electron chi connectivity index (χ3n) is 0.527. The van der Waals surface area contributed by atoms with Gasteiger partial charge in [-0.1, -0.05) is 23.4 Å². The highest BCUT2D eigenvalue weighted by Gasteiger charge is 1.73. The van der Waals surface area contributed by atoms with Crippen LogP contribution < -0.4 is 0 Å². The van der Waals surface area contributed by atoms with E-state index in [0.29, 0.717) is 6.07 Å². The summed E-state index contributed by atoms with van der Waals surface area (Å²) in [5.74, 6) is 0. The first-order chi connectivity index (χ1) is 3.41. The van der Waals surface area contributed by atoms with Crippen LogP contribution in [0.15, 0.2) is 11.8 Å². The molecule has 0 unspecified atom stereocenters. The van der Waals surface area contributed by atoms with Crippen LogP contribution in [0.4, 0.5) is 0 Å². The molecule has 0 aliphatic heterocycles. The van der Waals surface area contributed by atoms with E-state index >= 15 is 0 Å². The van der Waals surface area contributed by atoms with E-state index in [0.717, 1.165) is 0 Å². The molecule has 0 aromatic rings. The van der Waals surface area contributed by atoms with Crippen molar-refractivity contribution >= 4 is 21.4 Å². The van der Waals surface area contributed by atoms with Crippen LogP contribution in [-0.4, -0.2) is 15.8 Å². The lowest BCUT2D eigenvalue weighted by atomic mass is 10.8. The lowest BCUT2D eigenvalue weighted by molar-refractivity contribution is 0.420. The van der Waals surface area contributed by atoms with Crippen LogP contribution in [0, 0.1) is 0 Å². The fraction of sp³-hybridized carbons (Fsp3) is 0.500. The summed E-state index contributed by atoms with van der Waals surface area (Å²) in [5, 5.41) is 0. The molecule has 7 heavy (non-hydrogen) atoms. The number of allylic oxidation sites excluding steroid dienone is 1. The topological polar surface area (TPSA) is 9.23 Å². The van der Waals surface area contributed by atoms with Gasteiger partial charge in [-0.15, -0.1) is 0 Å². The van der Waals surface area contributed by atoms with Gasteiger partial charge in [-0.3, -0.25) is 0 Å². The molecule has 0 saturated heterocycles. The minimum atomic E-state index is -0.401. The van der Waals surface area contributed by atoms with Crippen molar-refractivity contribution in [1.29, 1.82) is 0 Å². The van der Waals surface area contributed by atoms with Crippen LogP contribution in [0.2, 0.25) is 0 Å². The van der Waals surface area contributed by atoms with Gasteiger partial charge in [-0.2, -0.15) is 0 Å². The Morgan fingerprint density at radius 3 is 3.00 bits per heavy atom. The minimum Gasteiger partial charge on any atom is -0.406 e. The molecule has 3 heteroatoms. The summed E-state index contributed by atoms with van der Waals surface area (Å²) in [5.41, 5.74) is 2.04. The van der Waals surface area contributed by atoms with Crippen molar-refractivity contribution < 1.29 is 4.43 Å². The molecular weight excluding hydrogens is 128 g/mol. The average Bonchev–Trinajstić information content (AvgIpc) is 1.69. The van der Waals surface area contributed by atoms with E-state index in [1.165, 1.54) is 0 Å². The molecule has 0 rings (SSSR count). The third-order valence-corrected chi connectivity index (χ3v) is 2.04. The van der Waals surface area contributed by atoms with Crippen molar-refractivity contribution in [3.05, 3.63) is 11.8 Å². The molecule has 0 fully saturated rings. The standard InChI is InChI=1S/C4H9ClOSi/c1-2-3-7-6-4-5/h2-3H,4,7H2,1H3. The summed E-state index contributed by atoms with van der Waals surface area (Å²) in [6.07, 6.45) is 1.98. The van der Waals surface area contributed by atoms with Crippen LogP contribution in [0.3, 0.4) is 0 Å². The smallest absolute Gasteiger partial charge is 0.186 e. The first-order valence-corrected chi connectivity index (χ1v) is 4.09. The van der Waals surface area contributed by atoms with Crippen molar-refractivity contribution in [2.24, 2.45) is 0 Å². The van der Waals surface area contributed by atoms with Crippen LogP contribution in [0.1, 0.15) is 6.92 Å². The highest BCUT2D eigenvalue weighted by atomic mass is 35.5. The van der Waals surface area contributed by atoms with Gasteiger partial charge in [0, 0.05) is 0 Å². The molecule has 0 spiro atoms. The summed E-state index contributed by atoms with van der Waals surface area (Å²) in [7, 11) is -0.401. The summed E-state index contributed by atoms with van der Waals surface area (Å²) in [6, 6.07) is 0.344. The Labute approximate surface area is 51.3 Å². The van der Waals surface area contributed by atoms with Gasteiger partial charge in [-0.25, -0.2) is 0 Å². The number of rotatable bonds is 3. The van der Waals surface area contributed by atoms with E-state index in [9.17, 15) is 0 Å². The van der Waals surface area contributed by atoms with Crippen LogP contribution in [0.25, 0.3) is 0 Å². The average molecular weight is 137 g/mol. The largest absolute Gasteiger partial charge is 0.406 e. The molecule has 0 aliphatic carbocycles. The zero-order valence-electron chi connectivity index (χ0n) is 4.36. The lowest BCUT2D eigenvalue weighted by Gasteiger charge is -1.87. The van der Waals surface area contributed by atoms with Crippen LogP contribution in [0.5, 0.6) is 0 Å². The van der Waals surface area contributed by atoms with Gasteiger partial charge in [0.1, 0.15) is 6.07 Å². The lowest BCUT2D eigenvalue weighted by Crippen LogP contribution is -1.90. The number of alkyl halides is 1. The molecule has 0 aromatic carbocycles. The van der Waals surface area contributed by atoms with Crippen molar-refractivity contribution in [2.75, 3.05) is 6.07 Å². The van der Waals surface area contributed by atoms with Gasteiger partial charge in [0.15, 0.2) is 9.76 Å². The Morgan fingerprint density at radius 1 is 1.86 bits per heavy atom. The van der Waals surface area contributed by atoms with E-state index in [1.807, 2.05) is 18.7 Å². The molecule has 0 atom stereocenters. The van der Waals surface area contributed by atoms with E-state index in [4.69, 9.17) is 16.0 Å². The molecule has 0 amide bonds. The first kappa shape index (κ1) is 7.21. The highest BCUT2D eigenvalue weighted by molar-refractivity contribution is 6.35. The Hall–Kier alpha value is 0.207. The molecular formula is C4H9ClOSi. The van der Waals surface area contributed by atoms with Crippen molar-refractivity contribution in [3.63, 3.8) is 0 Å². The van der Waals surface area contributed by atoms with Gasteiger partial charge in [0.05, 0.1) is 0 Å². The molecule has 0 N–H and O–H groups in total. The second kappa shape index (κ2) is 6.21. The summed E-state index contributed by atoms with van der Waals surface area (Å²) in [6.45, 7) is 1.98.